The molecule has 1 nitrogen and oxygen atoms in total. The van der Waals surface area contributed by atoms with Gasteiger partial charge in [0.05, 0.1) is 5.56 Å². The van der Waals surface area contributed by atoms with Crippen molar-refractivity contribution in [2.45, 2.75) is 6.42 Å². The van der Waals surface area contributed by atoms with Gasteiger partial charge in [0.25, 0.3) is 0 Å². The van der Waals surface area contributed by atoms with Gasteiger partial charge in [0.2, 0.25) is 0 Å². The fraction of sp³-hybridized carbons (Fsp3) is 0.0714. The first kappa shape index (κ1) is 14.0. The van der Waals surface area contributed by atoms with Crippen molar-refractivity contribution < 1.29 is 13.6 Å². The Kier molecular flexibility index (Phi) is 4.17. The molecule has 0 aromatic heterocycles. The average Bonchev–Trinajstić information content (AvgIpc) is 2.36. The molecule has 0 aliphatic rings. The Balaban J connectivity index is 2.30. The molecule has 0 aliphatic heterocycles. The van der Waals surface area contributed by atoms with E-state index in [2.05, 4.69) is 0 Å². The zero-order valence-corrected chi connectivity index (χ0v) is 11.1. The molecule has 0 N–H and O–H groups in total. The number of carbonyl (C=O) groups excluding carboxylic acids is 1. The molecule has 0 aliphatic carbocycles. The van der Waals surface area contributed by atoms with Crippen LogP contribution in [0.15, 0.2) is 36.4 Å². The van der Waals surface area contributed by atoms with Gasteiger partial charge >= 0.3 is 0 Å². The molecule has 19 heavy (non-hydrogen) atoms. The van der Waals surface area contributed by atoms with Crippen LogP contribution in [0.1, 0.15) is 15.9 Å². The summed E-state index contributed by atoms with van der Waals surface area (Å²) in [4.78, 5) is 11.9. The van der Waals surface area contributed by atoms with E-state index in [1.54, 1.807) is 12.1 Å². The molecule has 0 radical (unpaired) electrons. The fourth-order valence-electron chi connectivity index (χ4n) is 1.66. The van der Waals surface area contributed by atoms with Gasteiger partial charge < -0.3 is 0 Å². The van der Waals surface area contributed by atoms with Crippen molar-refractivity contribution in [2.24, 2.45) is 0 Å². The Morgan fingerprint density at radius 2 is 1.79 bits per heavy atom. The molecule has 0 saturated carbocycles. The number of rotatable bonds is 3. The van der Waals surface area contributed by atoms with E-state index in [9.17, 15) is 13.6 Å². The van der Waals surface area contributed by atoms with E-state index in [-0.39, 0.29) is 12.0 Å². The van der Waals surface area contributed by atoms with Crippen LogP contribution in [0, 0.1) is 11.6 Å². The van der Waals surface area contributed by atoms with E-state index in [0.717, 1.165) is 18.2 Å². The first-order chi connectivity index (χ1) is 8.97. The standard InChI is InChI=1S/C14H8Cl2F2O/c15-9-1-3-12(16)8(5-9)6-14(19)11-7-10(17)2-4-13(11)18/h1-5,7H,6H2. The second-order valence-electron chi connectivity index (χ2n) is 3.96. The van der Waals surface area contributed by atoms with E-state index in [1.807, 2.05) is 0 Å². The first-order valence-corrected chi connectivity index (χ1v) is 6.15. The van der Waals surface area contributed by atoms with Gasteiger partial charge in [0.15, 0.2) is 5.78 Å². The second kappa shape index (κ2) is 5.68. The minimum Gasteiger partial charge on any atom is -0.294 e. The lowest BCUT2D eigenvalue weighted by molar-refractivity contribution is 0.0988. The van der Waals surface area contributed by atoms with Crippen LogP contribution in [0.4, 0.5) is 8.78 Å². The number of benzene rings is 2. The average molecular weight is 301 g/mol. The van der Waals surface area contributed by atoms with Crippen molar-refractivity contribution in [2.75, 3.05) is 0 Å². The van der Waals surface area contributed by atoms with E-state index in [1.165, 1.54) is 6.07 Å². The summed E-state index contributed by atoms with van der Waals surface area (Å²) in [7, 11) is 0. The molecular formula is C14H8Cl2F2O. The van der Waals surface area contributed by atoms with Gasteiger partial charge in [0, 0.05) is 16.5 Å². The molecule has 0 spiro atoms. The van der Waals surface area contributed by atoms with Crippen molar-refractivity contribution in [3.05, 3.63) is 69.2 Å². The summed E-state index contributed by atoms with van der Waals surface area (Å²) in [6, 6.07) is 7.41. The summed E-state index contributed by atoms with van der Waals surface area (Å²) >= 11 is 11.7. The predicted octanol–water partition coefficient (Wildman–Crippen LogP) is 4.70. The number of hydrogen-bond acceptors (Lipinski definition) is 1. The summed E-state index contributed by atoms with van der Waals surface area (Å²) in [6.07, 6.45) is -0.139. The van der Waals surface area contributed by atoms with Crippen LogP contribution >= 0.6 is 23.2 Å². The highest BCUT2D eigenvalue weighted by molar-refractivity contribution is 6.33. The van der Waals surface area contributed by atoms with Gasteiger partial charge in [-0.15, -0.1) is 0 Å². The minimum absolute atomic E-state index is 0.139. The van der Waals surface area contributed by atoms with Crippen LogP contribution in [0.2, 0.25) is 10.0 Å². The molecule has 0 bridgehead atoms. The van der Waals surface area contributed by atoms with Crippen molar-refractivity contribution in [1.82, 2.24) is 0 Å². The van der Waals surface area contributed by atoms with Crippen molar-refractivity contribution >= 4 is 29.0 Å². The molecule has 0 unspecified atom stereocenters. The molecule has 2 aromatic carbocycles. The third-order valence-electron chi connectivity index (χ3n) is 2.59. The molecule has 2 aromatic rings. The van der Waals surface area contributed by atoms with Gasteiger partial charge in [-0.2, -0.15) is 0 Å². The molecular weight excluding hydrogens is 293 g/mol. The van der Waals surface area contributed by atoms with Crippen LogP contribution in [-0.2, 0) is 6.42 Å². The summed E-state index contributed by atoms with van der Waals surface area (Å²) in [5.74, 6) is -1.98. The third kappa shape index (κ3) is 3.31. The third-order valence-corrected chi connectivity index (χ3v) is 3.19. The zero-order chi connectivity index (χ0) is 14.0. The number of Topliss-reactive ketones (excluding diaryl/α,β-unsaturated/α-hetero) is 1. The Morgan fingerprint density at radius 1 is 1.05 bits per heavy atom. The lowest BCUT2D eigenvalue weighted by Gasteiger charge is -2.05. The Morgan fingerprint density at radius 3 is 2.53 bits per heavy atom. The smallest absolute Gasteiger partial charge is 0.170 e. The molecule has 98 valence electrons. The fourth-order valence-corrected chi connectivity index (χ4v) is 2.04. The lowest BCUT2D eigenvalue weighted by Crippen LogP contribution is -2.07. The van der Waals surface area contributed by atoms with Crippen LogP contribution in [-0.4, -0.2) is 5.78 Å². The molecule has 0 saturated heterocycles. The van der Waals surface area contributed by atoms with Gasteiger partial charge in [-0.1, -0.05) is 23.2 Å². The first-order valence-electron chi connectivity index (χ1n) is 5.39. The maximum Gasteiger partial charge on any atom is 0.170 e. The number of carbonyl (C=O) groups is 1. The minimum atomic E-state index is -0.760. The Bertz CT molecular complexity index is 641. The topological polar surface area (TPSA) is 17.1 Å². The van der Waals surface area contributed by atoms with Crippen molar-refractivity contribution in [3.8, 4) is 0 Å². The number of hydrogen-bond donors (Lipinski definition) is 0. The highest BCUT2D eigenvalue weighted by Gasteiger charge is 2.15. The largest absolute Gasteiger partial charge is 0.294 e. The molecule has 0 fully saturated rings. The normalized spacial score (nSPS) is 10.5. The van der Waals surface area contributed by atoms with Gasteiger partial charge in [0.1, 0.15) is 11.6 Å². The predicted molar refractivity (Wildman–Crippen MR) is 70.9 cm³/mol. The van der Waals surface area contributed by atoms with E-state index in [4.69, 9.17) is 23.2 Å². The Hall–Kier alpha value is -1.45. The zero-order valence-electron chi connectivity index (χ0n) is 9.59. The van der Waals surface area contributed by atoms with Crippen LogP contribution in [0.3, 0.4) is 0 Å². The van der Waals surface area contributed by atoms with E-state index >= 15 is 0 Å². The molecule has 5 heteroatoms. The van der Waals surface area contributed by atoms with Gasteiger partial charge in [-0.25, -0.2) is 8.78 Å². The van der Waals surface area contributed by atoms with E-state index < -0.39 is 17.4 Å². The summed E-state index contributed by atoms with van der Waals surface area (Å²) < 4.78 is 26.5. The van der Waals surface area contributed by atoms with Crippen LogP contribution < -0.4 is 0 Å². The molecule has 2 rings (SSSR count). The maximum absolute atomic E-state index is 13.5. The molecule has 0 atom stereocenters. The van der Waals surface area contributed by atoms with E-state index in [0.29, 0.717) is 15.6 Å². The second-order valence-corrected chi connectivity index (χ2v) is 4.80. The van der Waals surface area contributed by atoms with Gasteiger partial charge in [-0.3, -0.25) is 4.79 Å². The summed E-state index contributed by atoms with van der Waals surface area (Å²) in [5, 5.41) is 0.779. The lowest BCUT2D eigenvalue weighted by atomic mass is 10.0. The molecule has 0 amide bonds. The van der Waals surface area contributed by atoms with Crippen molar-refractivity contribution in [1.29, 1.82) is 0 Å². The number of ketones is 1. The highest BCUT2D eigenvalue weighted by Crippen LogP contribution is 2.23. The van der Waals surface area contributed by atoms with Crippen molar-refractivity contribution in [3.63, 3.8) is 0 Å². The summed E-state index contributed by atoms with van der Waals surface area (Å²) in [5.41, 5.74) is 0.180. The summed E-state index contributed by atoms with van der Waals surface area (Å²) in [6.45, 7) is 0. The SMILES string of the molecule is O=C(Cc1cc(Cl)ccc1Cl)c1cc(F)ccc1F. The molecule has 0 heterocycles. The highest BCUT2D eigenvalue weighted by atomic mass is 35.5. The quantitative estimate of drug-likeness (QED) is 0.751. The van der Waals surface area contributed by atoms with Gasteiger partial charge in [-0.05, 0) is 42.0 Å². The monoisotopic (exact) mass is 300 g/mol. The maximum atomic E-state index is 13.5. The van der Waals surface area contributed by atoms with Crippen LogP contribution in [0.25, 0.3) is 0 Å². The Labute approximate surface area is 118 Å². The number of halogens is 4. The van der Waals surface area contributed by atoms with Crippen LogP contribution in [0.5, 0.6) is 0 Å².